The third-order valence-electron chi connectivity index (χ3n) is 1.37. The minimum atomic E-state index is 0.606. The Morgan fingerprint density at radius 2 is 2.50 bits per heavy atom. The molecule has 0 saturated heterocycles. The first-order valence-corrected chi connectivity index (χ1v) is 4.15. The minimum Gasteiger partial charge on any atom is -0.302 e. The molecule has 1 N–H and O–H groups in total. The maximum absolute atomic E-state index is 5.85. The van der Waals surface area contributed by atoms with Crippen molar-refractivity contribution in [1.29, 1.82) is 0 Å². The van der Waals surface area contributed by atoms with E-state index in [0.29, 0.717) is 18.2 Å². The first-order valence-electron chi connectivity index (χ1n) is 3.77. The molecule has 0 fully saturated rings. The molecular weight excluding hydrogens is 176 g/mol. The molecule has 1 aromatic rings. The Bertz CT molecular complexity index is 242. The Morgan fingerprint density at radius 3 is 3.17 bits per heavy atom. The third-order valence-corrected chi connectivity index (χ3v) is 1.71. The summed E-state index contributed by atoms with van der Waals surface area (Å²) in [6.45, 7) is 3.17. The van der Waals surface area contributed by atoms with Crippen LogP contribution in [-0.2, 0) is 11.4 Å². The molecule has 1 aromatic heterocycles. The molecule has 0 unspecified atom stereocenters. The zero-order valence-corrected chi connectivity index (χ0v) is 7.64. The summed E-state index contributed by atoms with van der Waals surface area (Å²) in [4.78, 5) is 8.84. The monoisotopic (exact) mass is 186 g/mol. The van der Waals surface area contributed by atoms with E-state index in [2.05, 4.69) is 10.5 Å². The number of aromatic nitrogens is 1. The molecule has 0 aliphatic rings. The van der Waals surface area contributed by atoms with Crippen LogP contribution in [0.5, 0.6) is 0 Å². The predicted molar refractivity (Wildman–Crippen MR) is 47.7 cm³/mol. The van der Waals surface area contributed by atoms with Crippen molar-refractivity contribution in [3.8, 4) is 0 Å². The second kappa shape index (κ2) is 5.09. The number of rotatable bonds is 4. The van der Waals surface area contributed by atoms with E-state index in [1.807, 2.05) is 13.0 Å². The van der Waals surface area contributed by atoms with Gasteiger partial charge in [0, 0.05) is 18.9 Å². The molecule has 0 aromatic carbocycles. The van der Waals surface area contributed by atoms with Gasteiger partial charge in [-0.25, -0.2) is 0 Å². The van der Waals surface area contributed by atoms with Crippen molar-refractivity contribution in [2.24, 2.45) is 0 Å². The first-order chi connectivity index (χ1) is 5.84. The molecule has 1 heterocycles. The lowest BCUT2D eigenvalue weighted by molar-refractivity contribution is 0.0463. The van der Waals surface area contributed by atoms with Crippen molar-refractivity contribution in [3.05, 3.63) is 29.0 Å². The van der Waals surface area contributed by atoms with Gasteiger partial charge in [-0.2, -0.15) is 5.48 Å². The van der Waals surface area contributed by atoms with Crippen molar-refractivity contribution < 1.29 is 4.84 Å². The fourth-order valence-corrected chi connectivity index (χ4v) is 0.964. The van der Waals surface area contributed by atoms with Gasteiger partial charge in [0.15, 0.2) is 0 Å². The van der Waals surface area contributed by atoms with Crippen LogP contribution in [0.25, 0.3) is 0 Å². The lowest BCUT2D eigenvalue weighted by atomic mass is 10.3. The molecule has 3 nitrogen and oxygen atoms in total. The summed E-state index contributed by atoms with van der Waals surface area (Å²) in [6.07, 6.45) is 3.32. The summed E-state index contributed by atoms with van der Waals surface area (Å²) in [6, 6.07) is 1.86. The first kappa shape index (κ1) is 9.45. The zero-order chi connectivity index (χ0) is 8.81. The lowest BCUT2D eigenvalue weighted by Gasteiger charge is -2.04. The lowest BCUT2D eigenvalue weighted by Crippen LogP contribution is -2.13. The standard InChI is InChI=1S/C8H11ClN2O/c1-2-12-11-5-7-3-4-10-6-8(7)9/h3-4,6,11H,2,5H2,1H3. The fraction of sp³-hybridized carbons (Fsp3) is 0.375. The van der Waals surface area contributed by atoms with Crippen LogP contribution in [0.15, 0.2) is 18.5 Å². The Hall–Kier alpha value is -0.640. The van der Waals surface area contributed by atoms with Gasteiger partial charge >= 0.3 is 0 Å². The van der Waals surface area contributed by atoms with Crippen LogP contribution in [0.1, 0.15) is 12.5 Å². The van der Waals surface area contributed by atoms with Gasteiger partial charge in [-0.15, -0.1) is 0 Å². The average molecular weight is 187 g/mol. The summed E-state index contributed by atoms with van der Waals surface area (Å²) < 4.78 is 0. The van der Waals surface area contributed by atoms with E-state index in [1.165, 1.54) is 0 Å². The van der Waals surface area contributed by atoms with E-state index in [9.17, 15) is 0 Å². The van der Waals surface area contributed by atoms with Gasteiger partial charge < -0.3 is 4.84 Å². The molecule has 0 radical (unpaired) electrons. The van der Waals surface area contributed by atoms with E-state index in [0.717, 1.165) is 5.56 Å². The predicted octanol–water partition coefficient (Wildman–Crippen LogP) is 1.78. The van der Waals surface area contributed by atoms with Crippen LogP contribution in [0.2, 0.25) is 5.02 Å². The highest BCUT2D eigenvalue weighted by Crippen LogP contribution is 2.12. The number of hydrogen-bond donors (Lipinski definition) is 1. The van der Waals surface area contributed by atoms with Crippen molar-refractivity contribution in [3.63, 3.8) is 0 Å². The fourth-order valence-electron chi connectivity index (χ4n) is 0.778. The van der Waals surface area contributed by atoms with E-state index >= 15 is 0 Å². The van der Waals surface area contributed by atoms with Gasteiger partial charge in [-0.05, 0) is 18.6 Å². The summed E-state index contributed by atoms with van der Waals surface area (Å²) in [5.74, 6) is 0. The van der Waals surface area contributed by atoms with E-state index < -0.39 is 0 Å². The molecule has 0 saturated carbocycles. The van der Waals surface area contributed by atoms with Crippen LogP contribution in [0.4, 0.5) is 0 Å². The summed E-state index contributed by atoms with van der Waals surface area (Å²) in [5, 5.41) is 0.657. The minimum absolute atomic E-state index is 0.606. The van der Waals surface area contributed by atoms with Crippen LogP contribution in [-0.4, -0.2) is 11.6 Å². The van der Waals surface area contributed by atoms with E-state index in [1.54, 1.807) is 12.4 Å². The quantitative estimate of drug-likeness (QED) is 0.575. The Labute approximate surface area is 76.7 Å². The smallest absolute Gasteiger partial charge is 0.0654 e. The molecule has 0 bridgehead atoms. The van der Waals surface area contributed by atoms with Gasteiger partial charge in [-0.3, -0.25) is 4.98 Å². The SMILES string of the molecule is CCONCc1ccncc1Cl. The molecular formula is C8H11ClN2O. The van der Waals surface area contributed by atoms with Gasteiger partial charge in [-0.1, -0.05) is 11.6 Å². The van der Waals surface area contributed by atoms with Crippen LogP contribution in [0.3, 0.4) is 0 Å². The topological polar surface area (TPSA) is 34.1 Å². The van der Waals surface area contributed by atoms with Crippen LogP contribution < -0.4 is 5.48 Å². The molecule has 0 atom stereocenters. The molecule has 12 heavy (non-hydrogen) atoms. The highest BCUT2D eigenvalue weighted by molar-refractivity contribution is 6.31. The van der Waals surface area contributed by atoms with Crippen molar-refractivity contribution in [1.82, 2.24) is 10.5 Å². The molecule has 4 heteroatoms. The number of pyridine rings is 1. The third kappa shape index (κ3) is 2.77. The molecule has 0 amide bonds. The Kier molecular flexibility index (Phi) is 4.00. The van der Waals surface area contributed by atoms with Crippen LogP contribution >= 0.6 is 11.6 Å². The van der Waals surface area contributed by atoms with E-state index in [4.69, 9.17) is 16.4 Å². The average Bonchev–Trinajstić information content (AvgIpc) is 2.09. The van der Waals surface area contributed by atoms with Gasteiger partial charge in [0.1, 0.15) is 0 Å². The summed E-state index contributed by atoms with van der Waals surface area (Å²) in [5.41, 5.74) is 3.77. The molecule has 0 spiro atoms. The summed E-state index contributed by atoms with van der Waals surface area (Å²) >= 11 is 5.85. The normalized spacial score (nSPS) is 10.2. The van der Waals surface area contributed by atoms with Gasteiger partial charge in [0.25, 0.3) is 0 Å². The highest BCUT2D eigenvalue weighted by Gasteiger charge is 1.97. The van der Waals surface area contributed by atoms with Crippen LogP contribution in [0, 0.1) is 0 Å². The Balaban J connectivity index is 2.46. The number of nitrogens with one attached hydrogen (secondary N) is 1. The maximum Gasteiger partial charge on any atom is 0.0654 e. The van der Waals surface area contributed by atoms with Gasteiger partial charge in [0.2, 0.25) is 0 Å². The van der Waals surface area contributed by atoms with Crippen molar-refractivity contribution in [2.45, 2.75) is 13.5 Å². The highest BCUT2D eigenvalue weighted by atomic mass is 35.5. The van der Waals surface area contributed by atoms with Crippen molar-refractivity contribution >= 4 is 11.6 Å². The number of hydroxylamine groups is 1. The molecule has 0 aliphatic carbocycles. The number of hydrogen-bond acceptors (Lipinski definition) is 3. The molecule has 66 valence electrons. The summed E-state index contributed by atoms with van der Waals surface area (Å²) in [7, 11) is 0. The zero-order valence-electron chi connectivity index (χ0n) is 6.88. The molecule has 0 aliphatic heterocycles. The second-order valence-electron chi connectivity index (χ2n) is 2.22. The van der Waals surface area contributed by atoms with E-state index in [-0.39, 0.29) is 0 Å². The molecule has 1 rings (SSSR count). The number of halogens is 1. The van der Waals surface area contributed by atoms with Crippen molar-refractivity contribution in [2.75, 3.05) is 6.61 Å². The Morgan fingerprint density at radius 1 is 1.67 bits per heavy atom. The second-order valence-corrected chi connectivity index (χ2v) is 2.63. The number of nitrogens with zero attached hydrogens (tertiary/aromatic N) is 1. The largest absolute Gasteiger partial charge is 0.302 e. The maximum atomic E-state index is 5.85. The van der Waals surface area contributed by atoms with Gasteiger partial charge in [0.05, 0.1) is 11.6 Å².